The number of rotatable bonds is 6. The molecule has 11 nitrogen and oxygen atoms in total. The van der Waals surface area contributed by atoms with E-state index >= 15 is 0 Å². The van der Waals surface area contributed by atoms with Gasteiger partial charge >= 0.3 is 0 Å². The molecule has 2 aromatic heterocycles. The Morgan fingerprint density at radius 1 is 1.21 bits per heavy atom. The van der Waals surface area contributed by atoms with E-state index in [0.29, 0.717) is 33.5 Å². The molecule has 2 heterocycles. The minimum atomic E-state index is -0.306. The number of carbonyl (C=O) groups is 1. The van der Waals surface area contributed by atoms with Crippen LogP contribution in [0.5, 0.6) is 5.75 Å². The summed E-state index contributed by atoms with van der Waals surface area (Å²) in [5.74, 6) is 0.641. The molecule has 0 bridgehead atoms. The number of amides is 1. The summed E-state index contributed by atoms with van der Waals surface area (Å²) in [6, 6.07) is 12.1. The maximum atomic E-state index is 12.3. The van der Waals surface area contributed by atoms with E-state index < -0.39 is 0 Å². The van der Waals surface area contributed by atoms with Crippen LogP contribution in [0.15, 0.2) is 48.8 Å². The third-order valence-corrected chi connectivity index (χ3v) is 4.12. The zero-order valence-electron chi connectivity index (χ0n) is 15.1. The van der Waals surface area contributed by atoms with Gasteiger partial charge < -0.3 is 10.1 Å². The monoisotopic (exact) mass is 411 g/mol. The van der Waals surface area contributed by atoms with Crippen LogP contribution in [-0.4, -0.2) is 53.4 Å². The summed E-state index contributed by atoms with van der Waals surface area (Å²) < 4.78 is 6.58. The summed E-state index contributed by atoms with van der Waals surface area (Å²) >= 11 is 6.09. The first-order valence-electron chi connectivity index (χ1n) is 8.37. The maximum absolute atomic E-state index is 12.3. The van der Waals surface area contributed by atoms with Crippen LogP contribution >= 0.6 is 11.6 Å². The number of anilines is 1. The highest BCUT2D eigenvalue weighted by atomic mass is 35.5. The molecule has 0 spiro atoms. The molecule has 0 aliphatic carbocycles. The predicted octanol–water partition coefficient (Wildman–Crippen LogP) is 1.62. The molecule has 0 atom stereocenters. The van der Waals surface area contributed by atoms with E-state index in [2.05, 4.69) is 36.3 Å². The standard InChI is InChI=1S/C17H14ClN9O2/c1-29-13-4-2-3-12(8-13)20-16(28)9-27-22-17(21-24-27)14-6-5-11(18)7-15(14)26-10-19-23-25-26/h2-8,10H,9H2,1H3,(H,20,28). The van der Waals surface area contributed by atoms with Gasteiger partial charge in [-0.2, -0.15) is 9.48 Å². The van der Waals surface area contributed by atoms with Gasteiger partial charge in [-0.1, -0.05) is 17.7 Å². The number of aromatic nitrogens is 8. The fourth-order valence-electron chi connectivity index (χ4n) is 2.60. The molecule has 29 heavy (non-hydrogen) atoms. The van der Waals surface area contributed by atoms with Crippen molar-refractivity contribution in [3.05, 3.63) is 53.8 Å². The Morgan fingerprint density at radius 2 is 2.10 bits per heavy atom. The fourth-order valence-corrected chi connectivity index (χ4v) is 2.77. The van der Waals surface area contributed by atoms with E-state index in [0.717, 1.165) is 0 Å². The number of hydrogen-bond donors (Lipinski definition) is 1. The molecule has 4 aromatic rings. The zero-order valence-corrected chi connectivity index (χ0v) is 15.9. The number of benzene rings is 2. The second-order valence-corrected chi connectivity index (χ2v) is 6.28. The average molecular weight is 412 g/mol. The number of hydrogen-bond acceptors (Lipinski definition) is 8. The molecule has 146 valence electrons. The van der Waals surface area contributed by atoms with Crippen molar-refractivity contribution in [1.82, 2.24) is 40.4 Å². The Kier molecular flexibility index (Phi) is 5.12. The minimum absolute atomic E-state index is 0.113. The van der Waals surface area contributed by atoms with E-state index in [1.165, 1.54) is 15.8 Å². The van der Waals surface area contributed by atoms with Crippen molar-refractivity contribution in [2.45, 2.75) is 6.54 Å². The SMILES string of the molecule is COc1cccc(NC(=O)Cn2nnc(-c3ccc(Cl)cc3-n3cnnn3)n2)c1. The molecule has 0 aliphatic heterocycles. The van der Waals surface area contributed by atoms with Crippen molar-refractivity contribution in [2.75, 3.05) is 12.4 Å². The molecule has 1 N–H and O–H groups in total. The lowest BCUT2D eigenvalue weighted by atomic mass is 10.1. The normalized spacial score (nSPS) is 10.7. The second-order valence-electron chi connectivity index (χ2n) is 5.84. The quantitative estimate of drug-likeness (QED) is 0.507. The van der Waals surface area contributed by atoms with Gasteiger partial charge in [-0.3, -0.25) is 4.79 Å². The van der Waals surface area contributed by atoms with Crippen molar-refractivity contribution < 1.29 is 9.53 Å². The van der Waals surface area contributed by atoms with Gasteiger partial charge in [-0.15, -0.1) is 15.3 Å². The number of ether oxygens (including phenoxy) is 1. The summed E-state index contributed by atoms with van der Waals surface area (Å²) in [7, 11) is 1.56. The summed E-state index contributed by atoms with van der Waals surface area (Å²) in [5.41, 5.74) is 1.80. The first-order valence-corrected chi connectivity index (χ1v) is 8.75. The van der Waals surface area contributed by atoms with Crippen molar-refractivity contribution in [3.8, 4) is 22.8 Å². The highest BCUT2D eigenvalue weighted by Crippen LogP contribution is 2.26. The Morgan fingerprint density at radius 3 is 2.90 bits per heavy atom. The molecule has 0 fully saturated rings. The summed E-state index contributed by atoms with van der Waals surface area (Å²) in [5, 5.41) is 26.6. The van der Waals surface area contributed by atoms with Crippen LogP contribution in [0, 0.1) is 0 Å². The summed E-state index contributed by atoms with van der Waals surface area (Å²) in [6.45, 7) is -0.113. The van der Waals surface area contributed by atoms with E-state index in [9.17, 15) is 4.79 Å². The minimum Gasteiger partial charge on any atom is -0.497 e. The molecule has 0 saturated heterocycles. The van der Waals surface area contributed by atoms with Gasteiger partial charge in [0, 0.05) is 22.3 Å². The van der Waals surface area contributed by atoms with Gasteiger partial charge in [0.05, 0.1) is 12.8 Å². The Balaban J connectivity index is 1.52. The van der Waals surface area contributed by atoms with Gasteiger partial charge in [0.1, 0.15) is 18.6 Å². The molecule has 0 saturated carbocycles. The van der Waals surface area contributed by atoms with Crippen molar-refractivity contribution in [3.63, 3.8) is 0 Å². The van der Waals surface area contributed by atoms with Gasteiger partial charge in [0.15, 0.2) is 0 Å². The van der Waals surface area contributed by atoms with Crippen LogP contribution < -0.4 is 10.1 Å². The van der Waals surface area contributed by atoms with Crippen LogP contribution in [0.4, 0.5) is 5.69 Å². The van der Waals surface area contributed by atoms with E-state index in [1.807, 2.05) is 0 Å². The lowest BCUT2D eigenvalue weighted by Crippen LogP contribution is -2.20. The first kappa shape index (κ1) is 18.5. The number of halogens is 1. The number of tetrazole rings is 2. The third-order valence-electron chi connectivity index (χ3n) is 3.89. The third kappa shape index (κ3) is 4.19. The smallest absolute Gasteiger partial charge is 0.248 e. The van der Waals surface area contributed by atoms with Crippen LogP contribution in [0.3, 0.4) is 0 Å². The molecule has 0 aliphatic rings. The molecular formula is C17H14ClN9O2. The highest BCUT2D eigenvalue weighted by Gasteiger charge is 2.15. The fraction of sp³-hybridized carbons (Fsp3) is 0.118. The molecule has 2 aromatic carbocycles. The van der Waals surface area contributed by atoms with E-state index in [-0.39, 0.29) is 12.5 Å². The van der Waals surface area contributed by atoms with Gasteiger partial charge in [-0.05, 0) is 46.0 Å². The van der Waals surface area contributed by atoms with Crippen LogP contribution in [0.2, 0.25) is 5.02 Å². The van der Waals surface area contributed by atoms with Crippen molar-refractivity contribution >= 4 is 23.2 Å². The van der Waals surface area contributed by atoms with Gasteiger partial charge in [-0.25, -0.2) is 0 Å². The molecule has 4 rings (SSSR count). The summed E-state index contributed by atoms with van der Waals surface area (Å²) in [6.07, 6.45) is 1.43. The Bertz CT molecular complexity index is 1140. The second kappa shape index (κ2) is 8.02. The molecule has 0 unspecified atom stereocenters. The lowest BCUT2D eigenvalue weighted by molar-refractivity contribution is -0.117. The lowest BCUT2D eigenvalue weighted by Gasteiger charge is -2.06. The Hall–Kier alpha value is -3.86. The predicted molar refractivity (Wildman–Crippen MR) is 103 cm³/mol. The molecular weight excluding hydrogens is 398 g/mol. The van der Waals surface area contributed by atoms with Crippen LogP contribution in [-0.2, 0) is 11.3 Å². The largest absolute Gasteiger partial charge is 0.497 e. The van der Waals surface area contributed by atoms with E-state index in [1.54, 1.807) is 49.6 Å². The van der Waals surface area contributed by atoms with Gasteiger partial charge in [0.2, 0.25) is 11.7 Å². The Labute approximate surface area is 169 Å². The molecule has 12 heteroatoms. The molecule has 1 amide bonds. The molecule has 0 radical (unpaired) electrons. The van der Waals surface area contributed by atoms with Gasteiger partial charge in [0.25, 0.3) is 0 Å². The number of nitrogens with one attached hydrogen (secondary N) is 1. The summed E-state index contributed by atoms with van der Waals surface area (Å²) in [4.78, 5) is 13.5. The maximum Gasteiger partial charge on any atom is 0.248 e. The zero-order chi connectivity index (χ0) is 20.2. The topological polar surface area (TPSA) is 126 Å². The van der Waals surface area contributed by atoms with Crippen LogP contribution in [0.25, 0.3) is 17.1 Å². The van der Waals surface area contributed by atoms with Crippen molar-refractivity contribution in [1.29, 1.82) is 0 Å². The van der Waals surface area contributed by atoms with Crippen LogP contribution in [0.1, 0.15) is 0 Å². The average Bonchev–Trinajstić information content (AvgIpc) is 3.40. The van der Waals surface area contributed by atoms with Crippen molar-refractivity contribution in [2.24, 2.45) is 0 Å². The number of methoxy groups -OCH3 is 1. The highest BCUT2D eigenvalue weighted by molar-refractivity contribution is 6.30. The number of carbonyl (C=O) groups excluding carboxylic acids is 1. The number of nitrogens with zero attached hydrogens (tertiary/aromatic N) is 8. The first-order chi connectivity index (χ1) is 14.1. The van der Waals surface area contributed by atoms with E-state index in [4.69, 9.17) is 16.3 Å².